The Morgan fingerprint density at radius 2 is 1.45 bits per heavy atom. The van der Waals surface area contributed by atoms with Gasteiger partial charge in [0, 0.05) is 38.6 Å². The van der Waals surface area contributed by atoms with Crippen LogP contribution in [0, 0.1) is 17.8 Å². The quantitative estimate of drug-likeness (QED) is 0.354. The van der Waals surface area contributed by atoms with Gasteiger partial charge in [0.2, 0.25) is 0 Å². The third-order valence-corrected chi connectivity index (χ3v) is 7.60. The molecule has 1 N–H and O–H groups in total. The molecule has 0 unspecified atom stereocenters. The summed E-state index contributed by atoms with van der Waals surface area (Å²) in [4.78, 5) is 30.1. The van der Waals surface area contributed by atoms with Gasteiger partial charge in [0.25, 0.3) is 0 Å². The Morgan fingerprint density at radius 1 is 0.903 bits per heavy atom. The molecule has 0 aromatic carbocycles. The van der Waals surface area contributed by atoms with E-state index in [0.29, 0.717) is 36.5 Å². The van der Waals surface area contributed by atoms with Gasteiger partial charge in [0.15, 0.2) is 0 Å². The van der Waals surface area contributed by atoms with E-state index in [2.05, 4.69) is 18.7 Å². The average Bonchev–Trinajstić information content (AvgIpc) is 2.75. The molecule has 3 aliphatic rings. The number of carboxylic acids is 1. The van der Waals surface area contributed by atoms with Crippen molar-refractivity contribution in [3.63, 3.8) is 0 Å². The van der Waals surface area contributed by atoms with E-state index in [1.165, 1.54) is 0 Å². The zero-order valence-electron chi connectivity index (χ0n) is 19.2. The Bertz CT molecular complexity index is 644. The van der Waals surface area contributed by atoms with Crippen molar-refractivity contribution >= 4 is 23.5 Å². The molecule has 31 heavy (non-hydrogen) atoms. The predicted octanol–water partition coefficient (Wildman–Crippen LogP) is 4.13. The van der Waals surface area contributed by atoms with Crippen molar-refractivity contribution in [2.24, 2.45) is 17.8 Å². The Hall–Kier alpha value is -1.27. The fourth-order valence-corrected chi connectivity index (χ4v) is 5.54. The van der Waals surface area contributed by atoms with Crippen molar-refractivity contribution in [3.05, 3.63) is 11.3 Å². The number of carbonyl (C=O) groups excluding carboxylic acids is 1. The summed E-state index contributed by atoms with van der Waals surface area (Å²) >= 11 is 5.89. The van der Waals surface area contributed by atoms with Crippen LogP contribution in [0.25, 0.3) is 0 Å². The van der Waals surface area contributed by atoms with E-state index in [1.807, 2.05) is 4.90 Å². The van der Waals surface area contributed by atoms with Gasteiger partial charge in [0.05, 0.1) is 5.57 Å². The first-order chi connectivity index (χ1) is 14.9. The Kier molecular flexibility index (Phi) is 9.08. The third kappa shape index (κ3) is 6.61. The maximum atomic E-state index is 13.4. The molecule has 3 fully saturated rings. The third-order valence-electron chi connectivity index (χ3n) is 7.43. The average molecular weight is 455 g/mol. The van der Waals surface area contributed by atoms with E-state index in [4.69, 9.17) is 16.3 Å². The minimum absolute atomic E-state index is 0.0801. The highest BCUT2D eigenvalue weighted by Gasteiger charge is 2.36. The number of carboxylic acid groups (broad SMARTS) is 1. The lowest BCUT2D eigenvalue weighted by Crippen LogP contribution is -2.48. The van der Waals surface area contributed by atoms with Crippen LogP contribution in [0.1, 0.15) is 65.2 Å². The van der Waals surface area contributed by atoms with Crippen LogP contribution in [0.2, 0.25) is 0 Å². The van der Waals surface area contributed by atoms with Gasteiger partial charge in [-0.3, -0.25) is 4.90 Å². The molecule has 0 aromatic heterocycles. The number of esters is 1. The van der Waals surface area contributed by atoms with Gasteiger partial charge >= 0.3 is 11.9 Å². The number of rotatable bonds is 7. The zero-order chi connectivity index (χ0) is 22.4. The maximum absolute atomic E-state index is 13.4. The highest BCUT2D eigenvalue weighted by atomic mass is 35.5. The number of halogens is 1. The van der Waals surface area contributed by atoms with Crippen molar-refractivity contribution in [2.75, 3.05) is 38.6 Å². The van der Waals surface area contributed by atoms with Crippen LogP contribution in [-0.4, -0.2) is 71.6 Å². The lowest BCUT2D eigenvalue weighted by Gasteiger charge is -2.38. The van der Waals surface area contributed by atoms with Gasteiger partial charge in [-0.1, -0.05) is 26.7 Å². The number of ether oxygens (including phenoxy) is 1. The number of carbonyl (C=O) groups is 2. The van der Waals surface area contributed by atoms with Crippen LogP contribution >= 0.6 is 11.6 Å². The highest BCUT2D eigenvalue weighted by Crippen LogP contribution is 2.36. The Labute approximate surface area is 191 Å². The normalized spacial score (nSPS) is 31.1. The SMILES string of the molecule is CC1CCC(OC(=O)/C(=C(\C(=O)O)C2CCC(C)CC2)N2CCN(CCCl)CC2)CC1. The van der Waals surface area contributed by atoms with Gasteiger partial charge in [-0.2, -0.15) is 0 Å². The number of nitrogens with zero attached hydrogens (tertiary/aromatic N) is 2. The number of alkyl halides is 1. The van der Waals surface area contributed by atoms with Gasteiger partial charge in [-0.25, -0.2) is 9.59 Å². The molecule has 0 bridgehead atoms. The molecule has 2 aliphatic carbocycles. The second kappa shape index (κ2) is 11.6. The summed E-state index contributed by atoms with van der Waals surface area (Å²) in [5.41, 5.74) is 0.600. The highest BCUT2D eigenvalue weighted by molar-refractivity contribution is 6.18. The molecular formula is C24H39ClN2O4. The fourth-order valence-electron chi connectivity index (χ4n) is 5.30. The van der Waals surface area contributed by atoms with Crippen LogP contribution < -0.4 is 0 Å². The first-order valence-electron chi connectivity index (χ1n) is 12.1. The minimum atomic E-state index is -0.966. The van der Waals surface area contributed by atoms with E-state index in [-0.39, 0.29) is 17.6 Å². The molecule has 7 heteroatoms. The van der Waals surface area contributed by atoms with Crippen LogP contribution in [0.4, 0.5) is 0 Å². The molecule has 0 amide bonds. The Morgan fingerprint density at radius 3 is 1.97 bits per heavy atom. The lowest BCUT2D eigenvalue weighted by molar-refractivity contribution is -0.149. The van der Waals surface area contributed by atoms with E-state index in [1.54, 1.807) is 0 Å². The molecule has 0 aromatic rings. The fraction of sp³-hybridized carbons (Fsp3) is 0.833. The van der Waals surface area contributed by atoms with Crippen LogP contribution in [0.15, 0.2) is 11.3 Å². The Balaban J connectivity index is 1.84. The second-order valence-corrected chi connectivity index (χ2v) is 10.2. The van der Waals surface area contributed by atoms with Crippen molar-refractivity contribution in [1.82, 2.24) is 9.80 Å². The number of aliphatic carboxylic acids is 1. The molecule has 2 saturated carbocycles. The van der Waals surface area contributed by atoms with Crippen molar-refractivity contribution in [3.8, 4) is 0 Å². The van der Waals surface area contributed by atoms with Gasteiger partial charge in [0.1, 0.15) is 11.8 Å². The maximum Gasteiger partial charge on any atom is 0.355 e. The molecular weight excluding hydrogens is 416 g/mol. The minimum Gasteiger partial charge on any atom is -0.478 e. The topological polar surface area (TPSA) is 70.1 Å². The van der Waals surface area contributed by atoms with Crippen LogP contribution in [0.3, 0.4) is 0 Å². The molecule has 0 spiro atoms. The molecule has 0 atom stereocenters. The summed E-state index contributed by atoms with van der Waals surface area (Å²) in [6.07, 6.45) is 7.42. The summed E-state index contributed by atoms with van der Waals surface area (Å²) in [7, 11) is 0. The van der Waals surface area contributed by atoms with Gasteiger partial charge < -0.3 is 14.7 Å². The van der Waals surface area contributed by atoms with Gasteiger partial charge in [-0.15, -0.1) is 11.6 Å². The lowest BCUT2D eigenvalue weighted by atomic mass is 9.78. The molecule has 1 aliphatic heterocycles. The molecule has 176 valence electrons. The number of hydrogen-bond donors (Lipinski definition) is 1. The summed E-state index contributed by atoms with van der Waals surface area (Å²) in [6.45, 7) is 8.07. The zero-order valence-corrected chi connectivity index (χ0v) is 19.9. The first kappa shape index (κ1) is 24.4. The predicted molar refractivity (Wildman–Crippen MR) is 122 cm³/mol. The summed E-state index contributed by atoms with van der Waals surface area (Å²) in [5, 5.41) is 10.2. The number of piperazine rings is 1. The number of hydrogen-bond acceptors (Lipinski definition) is 5. The summed E-state index contributed by atoms with van der Waals surface area (Å²) in [5.74, 6) is 0.381. The first-order valence-corrected chi connectivity index (χ1v) is 12.6. The van der Waals surface area contributed by atoms with E-state index >= 15 is 0 Å². The largest absolute Gasteiger partial charge is 0.478 e. The van der Waals surface area contributed by atoms with Crippen LogP contribution in [0.5, 0.6) is 0 Å². The van der Waals surface area contributed by atoms with Crippen LogP contribution in [-0.2, 0) is 14.3 Å². The van der Waals surface area contributed by atoms with E-state index in [0.717, 1.165) is 71.0 Å². The molecule has 0 radical (unpaired) electrons. The molecule has 1 saturated heterocycles. The summed E-state index contributed by atoms with van der Waals surface area (Å²) in [6, 6.07) is 0. The van der Waals surface area contributed by atoms with E-state index in [9.17, 15) is 14.7 Å². The van der Waals surface area contributed by atoms with E-state index < -0.39 is 11.9 Å². The summed E-state index contributed by atoms with van der Waals surface area (Å²) < 4.78 is 5.94. The van der Waals surface area contributed by atoms with Crippen molar-refractivity contribution in [2.45, 2.75) is 71.3 Å². The monoisotopic (exact) mass is 454 g/mol. The standard InChI is InChI=1S/C24H39ClN2O4/c1-17-3-7-19(8-4-17)21(23(28)29)22(27-15-13-26(12-11-25)14-16-27)24(30)31-20-9-5-18(2)6-10-20/h17-20H,3-16H2,1-2H3,(H,28,29)/b22-21+. The molecule has 1 heterocycles. The van der Waals surface area contributed by atoms with Gasteiger partial charge in [-0.05, 0) is 56.3 Å². The molecule has 6 nitrogen and oxygen atoms in total. The molecule has 3 rings (SSSR count). The smallest absolute Gasteiger partial charge is 0.355 e. The van der Waals surface area contributed by atoms with Crippen molar-refractivity contribution < 1.29 is 19.4 Å². The van der Waals surface area contributed by atoms with Crippen molar-refractivity contribution in [1.29, 1.82) is 0 Å². The second-order valence-electron chi connectivity index (χ2n) is 9.83.